The highest BCUT2D eigenvalue weighted by Crippen LogP contribution is 2.24. The molecule has 1 atom stereocenters. The molecular weight excluding hydrogens is 404 g/mol. The Morgan fingerprint density at radius 2 is 1.88 bits per heavy atom. The summed E-state index contributed by atoms with van der Waals surface area (Å²) in [5, 5.41) is 19.1. The van der Waals surface area contributed by atoms with Crippen LogP contribution in [0, 0.1) is 27.7 Å². The topological polar surface area (TPSA) is 81.3 Å². The summed E-state index contributed by atoms with van der Waals surface area (Å²) in [4.78, 5) is 12.4. The predicted molar refractivity (Wildman–Crippen MR) is 125 cm³/mol. The van der Waals surface area contributed by atoms with Crippen molar-refractivity contribution >= 4 is 22.6 Å². The smallest absolute Gasteiger partial charge is 0.326 e. The van der Waals surface area contributed by atoms with Crippen molar-refractivity contribution in [2.45, 2.75) is 40.5 Å². The van der Waals surface area contributed by atoms with E-state index in [4.69, 9.17) is 4.74 Å². The standard InChI is InChI=1S/C25H28N4O3/c1-16-8-7-10-21(12-16)29-19(4)25(18(3)27-29)26-23(30)15-32-24(31)14-28-17(2)13-20-9-5-6-11-22(20)28/h5-13,23,26,30H,14-15H2,1-4H3. The summed E-state index contributed by atoms with van der Waals surface area (Å²) in [5.41, 5.74) is 6.40. The van der Waals surface area contributed by atoms with Crippen molar-refractivity contribution in [2.75, 3.05) is 11.9 Å². The van der Waals surface area contributed by atoms with Gasteiger partial charge < -0.3 is 19.7 Å². The zero-order valence-electron chi connectivity index (χ0n) is 18.8. The fourth-order valence-electron chi connectivity index (χ4n) is 3.98. The van der Waals surface area contributed by atoms with Gasteiger partial charge in [0.25, 0.3) is 0 Å². The van der Waals surface area contributed by atoms with Crippen LogP contribution in [0.2, 0.25) is 0 Å². The largest absolute Gasteiger partial charge is 0.460 e. The number of esters is 1. The molecular formula is C25H28N4O3. The van der Waals surface area contributed by atoms with E-state index in [1.165, 1.54) is 0 Å². The molecule has 0 amide bonds. The van der Waals surface area contributed by atoms with Gasteiger partial charge in [0.05, 0.1) is 22.8 Å². The molecule has 1 unspecified atom stereocenters. The number of aryl methyl sites for hydroxylation is 3. The number of rotatable bonds is 7. The molecule has 4 aromatic rings. The molecule has 4 rings (SSSR count). The van der Waals surface area contributed by atoms with Crippen molar-refractivity contribution in [3.63, 3.8) is 0 Å². The molecule has 7 heteroatoms. The Morgan fingerprint density at radius 3 is 2.66 bits per heavy atom. The van der Waals surface area contributed by atoms with Crippen LogP contribution in [-0.2, 0) is 16.1 Å². The number of para-hydroxylation sites is 1. The number of anilines is 1. The molecule has 2 N–H and O–H groups in total. The van der Waals surface area contributed by atoms with Crippen molar-refractivity contribution < 1.29 is 14.6 Å². The lowest BCUT2D eigenvalue weighted by Gasteiger charge is -2.15. The van der Waals surface area contributed by atoms with Crippen LogP contribution >= 0.6 is 0 Å². The Labute approximate surface area is 187 Å². The number of carbonyl (C=O) groups is 1. The molecule has 0 radical (unpaired) electrons. The van der Waals surface area contributed by atoms with Gasteiger partial charge in [-0.15, -0.1) is 0 Å². The van der Waals surface area contributed by atoms with Crippen LogP contribution in [0.4, 0.5) is 5.69 Å². The first-order valence-corrected chi connectivity index (χ1v) is 10.6. The molecule has 0 aliphatic rings. The lowest BCUT2D eigenvalue weighted by Crippen LogP contribution is -2.28. The highest BCUT2D eigenvalue weighted by molar-refractivity contribution is 5.83. The van der Waals surface area contributed by atoms with Gasteiger partial charge in [0.15, 0.2) is 6.23 Å². The lowest BCUT2D eigenvalue weighted by atomic mass is 10.2. The van der Waals surface area contributed by atoms with E-state index in [0.717, 1.165) is 44.9 Å². The maximum absolute atomic E-state index is 12.4. The van der Waals surface area contributed by atoms with Gasteiger partial charge in [-0.25, -0.2) is 4.68 Å². The molecule has 2 heterocycles. The number of benzene rings is 2. The molecule has 0 fully saturated rings. The summed E-state index contributed by atoms with van der Waals surface area (Å²) in [7, 11) is 0. The summed E-state index contributed by atoms with van der Waals surface area (Å²) in [6.45, 7) is 7.73. The molecule has 0 spiro atoms. The third-order valence-electron chi connectivity index (χ3n) is 5.56. The van der Waals surface area contributed by atoms with E-state index in [1.807, 2.05) is 91.5 Å². The first-order chi connectivity index (χ1) is 15.3. The van der Waals surface area contributed by atoms with E-state index in [9.17, 15) is 9.90 Å². The number of aliphatic hydroxyl groups excluding tert-OH is 1. The minimum atomic E-state index is -1.05. The molecule has 0 aliphatic heterocycles. The van der Waals surface area contributed by atoms with Crippen molar-refractivity contribution in [1.82, 2.24) is 14.3 Å². The number of aliphatic hydroxyl groups is 1. The SMILES string of the molecule is Cc1cccc(-n2nc(C)c(NC(O)COC(=O)Cn3c(C)cc4ccccc43)c2C)c1. The van der Waals surface area contributed by atoms with Gasteiger partial charge in [-0.05, 0) is 62.9 Å². The van der Waals surface area contributed by atoms with Crippen LogP contribution in [0.5, 0.6) is 0 Å². The molecule has 0 bridgehead atoms. The Bertz CT molecular complexity index is 1270. The quantitative estimate of drug-likeness (QED) is 0.340. The van der Waals surface area contributed by atoms with Crippen molar-refractivity contribution in [3.8, 4) is 5.69 Å². The number of fused-ring (bicyclic) bond motifs is 1. The van der Waals surface area contributed by atoms with E-state index >= 15 is 0 Å². The number of nitrogens with one attached hydrogen (secondary N) is 1. The molecule has 166 valence electrons. The molecule has 0 saturated heterocycles. The minimum Gasteiger partial charge on any atom is -0.460 e. The molecule has 2 aromatic heterocycles. The molecule has 7 nitrogen and oxygen atoms in total. The molecule has 32 heavy (non-hydrogen) atoms. The zero-order valence-corrected chi connectivity index (χ0v) is 18.8. The minimum absolute atomic E-state index is 0.0927. The van der Waals surface area contributed by atoms with Crippen LogP contribution in [0.15, 0.2) is 54.6 Å². The normalized spacial score (nSPS) is 12.2. The fourth-order valence-corrected chi connectivity index (χ4v) is 3.98. The second kappa shape index (κ2) is 8.88. The van der Waals surface area contributed by atoms with Crippen LogP contribution in [0.1, 0.15) is 22.6 Å². The van der Waals surface area contributed by atoms with Crippen LogP contribution in [-0.4, -0.2) is 38.3 Å². The Balaban J connectivity index is 1.39. The van der Waals surface area contributed by atoms with Crippen molar-refractivity contribution in [1.29, 1.82) is 0 Å². The summed E-state index contributed by atoms with van der Waals surface area (Å²) in [5.74, 6) is -0.404. The Morgan fingerprint density at radius 1 is 1.09 bits per heavy atom. The van der Waals surface area contributed by atoms with E-state index in [0.29, 0.717) is 0 Å². The van der Waals surface area contributed by atoms with Gasteiger partial charge in [-0.2, -0.15) is 5.10 Å². The number of aromatic nitrogens is 3. The van der Waals surface area contributed by atoms with Gasteiger partial charge >= 0.3 is 5.97 Å². The monoisotopic (exact) mass is 432 g/mol. The first-order valence-electron chi connectivity index (χ1n) is 10.6. The fraction of sp³-hybridized carbons (Fsp3) is 0.280. The average molecular weight is 433 g/mol. The van der Waals surface area contributed by atoms with Crippen LogP contribution < -0.4 is 5.32 Å². The maximum atomic E-state index is 12.4. The summed E-state index contributed by atoms with van der Waals surface area (Å²) >= 11 is 0. The number of nitrogens with zero attached hydrogens (tertiary/aromatic N) is 3. The summed E-state index contributed by atoms with van der Waals surface area (Å²) < 4.78 is 9.09. The average Bonchev–Trinajstić information content (AvgIpc) is 3.23. The Kier molecular flexibility index (Phi) is 6.01. The van der Waals surface area contributed by atoms with E-state index < -0.39 is 12.2 Å². The van der Waals surface area contributed by atoms with E-state index in [1.54, 1.807) is 0 Å². The van der Waals surface area contributed by atoms with E-state index in [-0.39, 0.29) is 13.2 Å². The predicted octanol–water partition coefficient (Wildman–Crippen LogP) is 4.03. The number of ether oxygens (including phenoxy) is 1. The van der Waals surface area contributed by atoms with Gasteiger partial charge in [0.1, 0.15) is 13.2 Å². The lowest BCUT2D eigenvalue weighted by molar-refractivity contribution is -0.146. The third kappa shape index (κ3) is 4.38. The molecule has 0 saturated carbocycles. The number of hydrogen-bond acceptors (Lipinski definition) is 5. The van der Waals surface area contributed by atoms with Gasteiger partial charge in [-0.3, -0.25) is 4.79 Å². The number of carbonyl (C=O) groups excluding carboxylic acids is 1. The third-order valence-corrected chi connectivity index (χ3v) is 5.56. The second-order valence-corrected chi connectivity index (χ2v) is 8.07. The second-order valence-electron chi connectivity index (χ2n) is 8.07. The Hall–Kier alpha value is -3.58. The number of hydrogen-bond donors (Lipinski definition) is 2. The van der Waals surface area contributed by atoms with Gasteiger partial charge in [0, 0.05) is 11.2 Å². The highest BCUT2D eigenvalue weighted by atomic mass is 16.5. The van der Waals surface area contributed by atoms with Gasteiger partial charge in [0.2, 0.25) is 0 Å². The van der Waals surface area contributed by atoms with Crippen LogP contribution in [0.25, 0.3) is 16.6 Å². The highest BCUT2D eigenvalue weighted by Gasteiger charge is 2.17. The van der Waals surface area contributed by atoms with Crippen LogP contribution in [0.3, 0.4) is 0 Å². The zero-order chi connectivity index (χ0) is 22.8. The van der Waals surface area contributed by atoms with Crippen molar-refractivity contribution in [3.05, 3.63) is 77.2 Å². The van der Waals surface area contributed by atoms with Gasteiger partial charge in [-0.1, -0.05) is 30.3 Å². The maximum Gasteiger partial charge on any atom is 0.326 e. The summed E-state index contributed by atoms with van der Waals surface area (Å²) in [6.07, 6.45) is -1.05. The molecule has 2 aromatic carbocycles. The van der Waals surface area contributed by atoms with E-state index in [2.05, 4.69) is 10.4 Å². The van der Waals surface area contributed by atoms with Crippen molar-refractivity contribution in [2.24, 2.45) is 0 Å². The first kappa shape index (κ1) is 21.6. The summed E-state index contributed by atoms with van der Waals surface area (Å²) in [6, 6.07) is 18.0. The molecule has 0 aliphatic carbocycles.